The molecule has 0 heterocycles. The number of alkyl halides is 3. The molecule has 0 radical (unpaired) electrons. The van der Waals surface area contributed by atoms with Gasteiger partial charge in [0.25, 0.3) is 0 Å². The van der Waals surface area contributed by atoms with Crippen LogP contribution in [0, 0.1) is 0 Å². The van der Waals surface area contributed by atoms with Crippen LogP contribution in [-0.4, -0.2) is 40.3 Å². The van der Waals surface area contributed by atoms with Gasteiger partial charge in [-0.15, -0.1) is 0 Å². The average molecular weight is 204 g/mol. The summed E-state index contributed by atoms with van der Waals surface area (Å²) in [7, 11) is 1.22. The van der Waals surface area contributed by atoms with Crippen molar-refractivity contribution in [3.05, 3.63) is 0 Å². The topological polar surface area (TPSA) is 36.9 Å². The standard InChI is InChI=1S/C6H11F3O4/c1-10-2-6(11-3-7,12-4-8)13-5-9/h2-5H2,1H3. The van der Waals surface area contributed by atoms with Gasteiger partial charge in [-0.05, 0) is 0 Å². The minimum Gasteiger partial charge on any atom is -0.376 e. The first kappa shape index (κ1) is 12.6. The summed E-state index contributed by atoms with van der Waals surface area (Å²) in [5, 5.41) is 0. The fourth-order valence-electron chi connectivity index (χ4n) is 0.676. The van der Waals surface area contributed by atoms with Crippen LogP contribution in [-0.2, 0) is 18.9 Å². The summed E-state index contributed by atoms with van der Waals surface area (Å²) in [5.74, 6) is -2.15. The van der Waals surface area contributed by atoms with Gasteiger partial charge in [0.1, 0.15) is 6.61 Å². The predicted molar refractivity (Wildman–Crippen MR) is 35.8 cm³/mol. The second-order valence-electron chi connectivity index (χ2n) is 1.88. The molecule has 0 N–H and O–H groups in total. The van der Waals surface area contributed by atoms with E-state index >= 15 is 0 Å². The maximum Gasteiger partial charge on any atom is 0.314 e. The molecule has 0 aliphatic heterocycles. The van der Waals surface area contributed by atoms with Crippen molar-refractivity contribution in [3.63, 3.8) is 0 Å². The van der Waals surface area contributed by atoms with Crippen LogP contribution >= 0.6 is 0 Å². The molecular weight excluding hydrogens is 193 g/mol. The molecule has 4 nitrogen and oxygen atoms in total. The van der Waals surface area contributed by atoms with E-state index in [1.807, 2.05) is 0 Å². The molecule has 0 unspecified atom stereocenters. The van der Waals surface area contributed by atoms with Gasteiger partial charge in [0.05, 0.1) is 0 Å². The molecule has 0 aliphatic rings. The van der Waals surface area contributed by atoms with Gasteiger partial charge >= 0.3 is 5.97 Å². The monoisotopic (exact) mass is 204 g/mol. The molecule has 0 aromatic carbocycles. The first-order chi connectivity index (χ1) is 6.24. The number of rotatable bonds is 8. The summed E-state index contributed by atoms with van der Waals surface area (Å²) in [6.07, 6.45) is 0. The van der Waals surface area contributed by atoms with E-state index in [0.717, 1.165) is 0 Å². The lowest BCUT2D eigenvalue weighted by Crippen LogP contribution is -2.43. The van der Waals surface area contributed by atoms with Crippen LogP contribution in [0.5, 0.6) is 0 Å². The Balaban J connectivity index is 4.19. The molecule has 0 aliphatic carbocycles. The maximum atomic E-state index is 11.8. The van der Waals surface area contributed by atoms with Gasteiger partial charge < -0.3 is 4.74 Å². The Morgan fingerprint density at radius 2 is 1.31 bits per heavy atom. The van der Waals surface area contributed by atoms with Crippen LogP contribution < -0.4 is 0 Å². The zero-order valence-corrected chi connectivity index (χ0v) is 7.10. The number of methoxy groups -OCH3 is 1. The average Bonchev–Trinajstić information content (AvgIpc) is 2.06. The Morgan fingerprint density at radius 3 is 1.54 bits per heavy atom. The third kappa shape index (κ3) is 4.41. The highest BCUT2D eigenvalue weighted by Gasteiger charge is 2.34. The summed E-state index contributed by atoms with van der Waals surface area (Å²) >= 11 is 0. The normalized spacial score (nSPS) is 12.0. The first-order valence-corrected chi connectivity index (χ1v) is 3.33. The molecule has 0 amide bonds. The first-order valence-electron chi connectivity index (χ1n) is 3.33. The van der Waals surface area contributed by atoms with Gasteiger partial charge in [-0.2, -0.15) is 0 Å². The van der Waals surface area contributed by atoms with Gasteiger partial charge in [-0.25, -0.2) is 13.2 Å². The quantitative estimate of drug-likeness (QED) is 0.555. The van der Waals surface area contributed by atoms with Crippen molar-refractivity contribution in [3.8, 4) is 0 Å². The lowest BCUT2D eigenvalue weighted by Gasteiger charge is -2.28. The minimum atomic E-state index is -2.15. The summed E-state index contributed by atoms with van der Waals surface area (Å²) in [5.41, 5.74) is 0. The Labute approximate surface area is 73.5 Å². The molecule has 13 heavy (non-hydrogen) atoms. The smallest absolute Gasteiger partial charge is 0.314 e. The molecule has 0 saturated heterocycles. The fraction of sp³-hybridized carbons (Fsp3) is 1.00. The molecule has 0 aromatic heterocycles. The zero-order chi connectivity index (χ0) is 10.2. The second-order valence-corrected chi connectivity index (χ2v) is 1.88. The van der Waals surface area contributed by atoms with E-state index in [2.05, 4.69) is 18.9 Å². The molecule has 0 saturated carbocycles. The number of halogens is 3. The maximum absolute atomic E-state index is 11.8. The molecule has 0 fully saturated rings. The molecule has 0 atom stereocenters. The molecule has 7 heteroatoms. The molecule has 0 aromatic rings. The van der Waals surface area contributed by atoms with Crippen LogP contribution in [0.25, 0.3) is 0 Å². The van der Waals surface area contributed by atoms with E-state index in [4.69, 9.17) is 0 Å². The lowest BCUT2D eigenvalue weighted by atomic mass is 10.6. The van der Waals surface area contributed by atoms with Crippen molar-refractivity contribution in [2.75, 3.05) is 34.3 Å². The number of hydrogen-bond donors (Lipinski definition) is 0. The summed E-state index contributed by atoms with van der Waals surface area (Å²) in [6, 6.07) is 0. The SMILES string of the molecule is COCC(OCF)(OCF)OCF. The van der Waals surface area contributed by atoms with Gasteiger partial charge in [-0.3, -0.25) is 14.2 Å². The van der Waals surface area contributed by atoms with E-state index in [1.54, 1.807) is 0 Å². The van der Waals surface area contributed by atoms with Crippen LogP contribution in [0.4, 0.5) is 13.2 Å². The molecule has 80 valence electrons. The fourth-order valence-corrected chi connectivity index (χ4v) is 0.676. The Morgan fingerprint density at radius 1 is 0.923 bits per heavy atom. The minimum absolute atomic E-state index is 0.440. The molecular formula is C6H11F3O4. The highest BCUT2D eigenvalue weighted by molar-refractivity contribution is 4.53. The van der Waals surface area contributed by atoms with E-state index < -0.39 is 33.2 Å². The van der Waals surface area contributed by atoms with Gasteiger partial charge in [0.15, 0.2) is 20.6 Å². The zero-order valence-electron chi connectivity index (χ0n) is 7.10. The van der Waals surface area contributed by atoms with Crippen LogP contribution in [0.15, 0.2) is 0 Å². The largest absolute Gasteiger partial charge is 0.376 e. The van der Waals surface area contributed by atoms with E-state index in [9.17, 15) is 13.2 Å². The van der Waals surface area contributed by atoms with Crippen molar-refractivity contribution in [1.82, 2.24) is 0 Å². The van der Waals surface area contributed by atoms with Crippen molar-refractivity contribution >= 4 is 0 Å². The molecule has 0 bridgehead atoms. The van der Waals surface area contributed by atoms with Crippen molar-refractivity contribution in [1.29, 1.82) is 0 Å². The van der Waals surface area contributed by atoms with Crippen molar-refractivity contribution in [2.45, 2.75) is 5.97 Å². The lowest BCUT2D eigenvalue weighted by molar-refractivity contribution is -0.415. The Kier molecular flexibility index (Phi) is 6.87. The summed E-state index contributed by atoms with van der Waals surface area (Å²) in [6.45, 7) is -4.35. The highest BCUT2D eigenvalue weighted by Crippen LogP contribution is 2.16. The van der Waals surface area contributed by atoms with Gasteiger partial charge in [-0.1, -0.05) is 0 Å². The Hall–Kier alpha value is -0.370. The van der Waals surface area contributed by atoms with Crippen LogP contribution in [0.2, 0.25) is 0 Å². The van der Waals surface area contributed by atoms with Gasteiger partial charge in [0.2, 0.25) is 0 Å². The summed E-state index contributed by atoms with van der Waals surface area (Å²) < 4.78 is 52.5. The van der Waals surface area contributed by atoms with Crippen molar-refractivity contribution < 1.29 is 32.1 Å². The third-order valence-electron chi connectivity index (χ3n) is 1.14. The second kappa shape index (κ2) is 7.07. The predicted octanol–water partition coefficient (Wildman–Crippen LogP) is 1.12. The number of hydrogen-bond acceptors (Lipinski definition) is 4. The third-order valence-corrected chi connectivity index (χ3v) is 1.14. The van der Waals surface area contributed by atoms with E-state index in [1.165, 1.54) is 7.11 Å². The summed E-state index contributed by atoms with van der Waals surface area (Å²) in [4.78, 5) is 0. The molecule has 0 rings (SSSR count). The van der Waals surface area contributed by atoms with Crippen LogP contribution in [0.3, 0.4) is 0 Å². The molecule has 0 spiro atoms. The van der Waals surface area contributed by atoms with E-state index in [0.29, 0.717) is 0 Å². The van der Waals surface area contributed by atoms with Crippen LogP contribution in [0.1, 0.15) is 0 Å². The highest BCUT2D eigenvalue weighted by atomic mass is 19.1. The Bertz CT molecular complexity index is 94.9. The van der Waals surface area contributed by atoms with Gasteiger partial charge in [0, 0.05) is 7.11 Å². The van der Waals surface area contributed by atoms with Crippen molar-refractivity contribution in [2.24, 2.45) is 0 Å². The van der Waals surface area contributed by atoms with E-state index in [-0.39, 0.29) is 0 Å². The number of ether oxygens (including phenoxy) is 4.